The maximum atomic E-state index is 9.26. The maximum absolute atomic E-state index is 9.26. The first kappa shape index (κ1) is 12.7. The van der Waals surface area contributed by atoms with Gasteiger partial charge in [0.1, 0.15) is 6.07 Å². The van der Waals surface area contributed by atoms with Crippen molar-refractivity contribution in [2.45, 2.75) is 6.92 Å². The van der Waals surface area contributed by atoms with Crippen LogP contribution in [0.4, 0.5) is 0 Å². The van der Waals surface area contributed by atoms with E-state index >= 15 is 0 Å². The maximum Gasteiger partial charge on any atom is 0.100 e. The Kier molecular flexibility index (Phi) is 3.18. The van der Waals surface area contributed by atoms with Gasteiger partial charge in [0.15, 0.2) is 0 Å². The average molecular weight is 277 g/mol. The lowest BCUT2D eigenvalue weighted by Gasteiger charge is -2.12. The molecular weight excluding hydrogens is 266 g/mol. The number of fused-ring (bicyclic) bond motifs is 1. The van der Waals surface area contributed by atoms with Gasteiger partial charge in [-0.25, -0.2) is 0 Å². The molecule has 0 unspecified atom stereocenters. The first-order chi connectivity index (χ1) is 9.70. The highest BCUT2D eigenvalue weighted by atomic mass is 35.5. The van der Waals surface area contributed by atoms with E-state index in [0.717, 1.165) is 27.5 Å². The summed E-state index contributed by atoms with van der Waals surface area (Å²) in [5.74, 6) is 0. The largest absolute Gasteiger partial charge is 0.192 e. The quantitative estimate of drug-likeness (QED) is 0.604. The normalized spacial score (nSPS) is 10.4. The van der Waals surface area contributed by atoms with Crippen molar-refractivity contribution in [3.05, 3.63) is 70.7 Å². The highest BCUT2D eigenvalue weighted by Gasteiger charge is 2.11. The van der Waals surface area contributed by atoms with Crippen molar-refractivity contribution < 1.29 is 0 Å². The predicted octanol–water partition coefficient (Wildman–Crippen LogP) is 5.14. The molecule has 0 aliphatic heterocycles. The topological polar surface area (TPSA) is 23.8 Å². The summed E-state index contributed by atoms with van der Waals surface area (Å²) >= 11 is 5.95. The Morgan fingerprint density at radius 1 is 1.00 bits per heavy atom. The average Bonchev–Trinajstić information content (AvgIpc) is 2.48. The first-order valence-electron chi connectivity index (χ1n) is 6.31. The fourth-order valence-corrected chi connectivity index (χ4v) is 2.64. The molecule has 95 valence electrons. The number of aryl methyl sites for hydroxylation is 1. The van der Waals surface area contributed by atoms with Gasteiger partial charge in [-0.15, -0.1) is 0 Å². The van der Waals surface area contributed by atoms with Crippen LogP contribution in [0.5, 0.6) is 0 Å². The third-order valence-corrected chi connectivity index (χ3v) is 3.65. The molecule has 0 bridgehead atoms. The molecule has 0 atom stereocenters. The van der Waals surface area contributed by atoms with Crippen LogP contribution in [0.15, 0.2) is 48.5 Å². The van der Waals surface area contributed by atoms with E-state index < -0.39 is 0 Å². The molecule has 0 aliphatic carbocycles. The summed E-state index contributed by atoms with van der Waals surface area (Å²) in [5, 5.41) is 12.0. The molecular formula is C18H11ClN. The second kappa shape index (κ2) is 5.00. The molecule has 0 saturated carbocycles. The Hall–Kier alpha value is -2.30. The van der Waals surface area contributed by atoms with E-state index in [1.807, 2.05) is 55.5 Å². The second-order valence-electron chi connectivity index (χ2n) is 4.66. The van der Waals surface area contributed by atoms with Crippen LogP contribution in [0.25, 0.3) is 21.9 Å². The first-order valence-corrected chi connectivity index (χ1v) is 6.69. The molecule has 3 aromatic rings. The van der Waals surface area contributed by atoms with Crippen molar-refractivity contribution in [1.29, 1.82) is 5.26 Å². The van der Waals surface area contributed by atoms with Gasteiger partial charge < -0.3 is 0 Å². The standard InChI is InChI=1S/C18H11ClN/c1-12-10-14(11-20)16-4-2-3-5-17(16)18(12)13-6-8-15(19)9-7-13/h2-9H,1H3. The summed E-state index contributed by atoms with van der Waals surface area (Å²) in [5.41, 5.74) is 3.76. The minimum atomic E-state index is 0.593. The molecule has 0 aliphatic rings. The number of nitriles is 1. The van der Waals surface area contributed by atoms with Crippen molar-refractivity contribution in [2.24, 2.45) is 0 Å². The Labute approximate surface area is 123 Å². The van der Waals surface area contributed by atoms with Crippen LogP contribution in [0, 0.1) is 24.3 Å². The molecule has 3 rings (SSSR count). The van der Waals surface area contributed by atoms with Crippen molar-refractivity contribution in [1.82, 2.24) is 0 Å². The van der Waals surface area contributed by atoms with Crippen LogP contribution in [0.2, 0.25) is 5.02 Å². The smallest absolute Gasteiger partial charge is 0.100 e. The van der Waals surface area contributed by atoms with Crippen LogP contribution < -0.4 is 0 Å². The zero-order valence-electron chi connectivity index (χ0n) is 10.9. The number of hydrogen-bond donors (Lipinski definition) is 0. The molecule has 0 aromatic heterocycles. The lowest BCUT2D eigenvalue weighted by molar-refractivity contribution is 1.43. The van der Waals surface area contributed by atoms with Crippen molar-refractivity contribution >= 4 is 22.4 Å². The van der Waals surface area contributed by atoms with E-state index in [2.05, 4.69) is 12.1 Å². The van der Waals surface area contributed by atoms with Gasteiger partial charge in [-0.3, -0.25) is 0 Å². The second-order valence-corrected chi connectivity index (χ2v) is 5.10. The predicted molar refractivity (Wildman–Crippen MR) is 82.7 cm³/mol. The number of hydrogen-bond acceptors (Lipinski definition) is 1. The van der Waals surface area contributed by atoms with Gasteiger partial charge in [0.05, 0.1) is 5.56 Å². The van der Waals surface area contributed by atoms with Gasteiger partial charge in [-0.2, -0.15) is 5.26 Å². The van der Waals surface area contributed by atoms with E-state index in [4.69, 9.17) is 11.6 Å². The van der Waals surface area contributed by atoms with Crippen LogP contribution in [-0.2, 0) is 0 Å². The molecule has 20 heavy (non-hydrogen) atoms. The van der Waals surface area contributed by atoms with E-state index in [1.54, 1.807) is 0 Å². The van der Waals surface area contributed by atoms with Gasteiger partial charge >= 0.3 is 0 Å². The fourth-order valence-electron chi connectivity index (χ4n) is 2.52. The van der Waals surface area contributed by atoms with E-state index in [0.29, 0.717) is 10.6 Å². The molecule has 1 nitrogen and oxygen atoms in total. The van der Waals surface area contributed by atoms with Crippen molar-refractivity contribution in [2.75, 3.05) is 0 Å². The van der Waals surface area contributed by atoms with Gasteiger partial charge in [0.25, 0.3) is 0 Å². The Morgan fingerprint density at radius 2 is 1.65 bits per heavy atom. The number of halogens is 1. The van der Waals surface area contributed by atoms with E-state index in [-0.39, 0.29) is 0 Å². The van der Waals surface area contributed by atoms with Gasteiger partial charge in [0.2, 0.25) is 0 Å². The molecule has 2 heteroatoms. The number of nitrogens with zero attached hydrogens (tertiary/aromatic N) is 1. The SMILES string of the molecule is Cc1[c]c(C#N)c2ccccc2c1-c1ccc(Cl)cc1. The van der Waals surface area contributed by atoms with Crippen LogP contribution in [-0.4, -0.2) is 0 Å². The summed E-state index contributed by atoms with van der Waals surface area (Å²) < 4.78 is 0. The highest BCUT2D eigenvalue weighted by Crippen LogP contribution is 2.34. The Morgan fingerprint density at radius 3 is 2.30 bits per heavy atom. The van der Waals surface area contributed by atoms with E-state index in [1.165, 1.54) is 0 Å². The lowest BCUT2D eigenvalue weighted by Crippen LogP contribution is -1.90. The summed E-state index contributed by atoms with van der Waals surface area (Å²) in [6.07, 6.45) is 0. The summed E-state index contributed by atoms with van der Waals surface area (Å²) in [4.78, 5) is 0. The van der Waals surface area contributed by atoms with Crippen molar-refractivity contribution in [3.8, 4) is 17.2 Å². The third-order valence-electron chi connectivity index (χ3n) is 3.40. The lowest BCUT2D eigenvalue weighted by atomic mass is 9.91. The molecule has 0 N–H and O–H groups in total. The van der Waals surface area contributed by atoms with Gasteiger partial charge in [0, 0.05) is 16.5 Å². The summed E-state index contributed by atoms with van der Waals surface area (Å²) in [7, 11) is 0. The fraction of sp³-hybridized carbons (Fsp3) is 0.0556. The van der Waals surface area contributed by atoms with Crippen LogP contribution in [0.3, 0.4) is 0 Å². The number of rotatable bonds is 1. The molecule has 0 fully saturated rings. The molecule has 0 amide bonds. The Bertz CT molecular complexity index is 826. The zero-order chi connectivity index (χ0) is 14.1. The molecule has 0 spiro atoms. The summed E-state index contributed by atoms with van der Waals surface area (Å²) in [6, 6.07) is 21.1. The van der Waals surface area contributed by atoms with Crippen molar-refractivity contribution in [3.63, 3.8) is 0 Å². The molecule has 1 radical (unpaired) electrons. The van der Waals surface area contributed by atoms with E-state index in [9.17, 15) is 5.26 Å². The highest BCUT2D eigenvalue weighted by molar-refractivity contribution is 6.30. The molecule has 3 aromatic carbocycles. The number of benzene rings is 3. The van der Waals surface area contributed by atoms with Gasteiger partial charge in [-0.05, 0) is 41.1 Å². The minimum Gasteiger partial charge on any atom is -0.192 e. The monoisotopic (exact) mass is 276 g/mol. The molecule has 0 saturated heterocycles. The minimum absolute atomic E-state index is 0.593. The third kappa shape index (κ3) is 2.05. The van der Waals surface area contributed by atoms with Crippen LogP contribution >= 0.6 is 11.6 Å². The zero-order valence-corrected chi connectivity index (χ0v) is 11.7. The van der Waals surface area contributed by atoms with Gasteiger partial charge in [-0.1, -0.05) is 48.0 Å². The Balaban J connectivity index is 2.39. The van der Waals surface area contributed by atoms with Crippen LogP contribution in [0.1, 0.15) is 11.1 Å². The molecule has 0 heterocycles. The summed E-state index contributed by atoms with van der Waals surface area (Å²) in [6.45, 7) is 1.98.